The van der Waals surface area contributed by atoms with Gasteiger partial charge in [-0.3, -0.25) is 4.79 Å². The third-order valence-corrected chi connectivity index (χ3v) is 2.86. The number of halogens is 2. The van der Waals surface area contributed by atoms with Gasteiger partial charge in [-0.1, -0.05) is 0 Å². The van der Waals surface area contributed by atoms with Gasteiger partial charge in [-0.25, -0.2) is 13.6 Å². The summed E-state index contributed by atoms with van der Waals surface area (Å²) in [4.78, 5) is 21.7. The van der Waals surface area contributed by atoms with Crippen LogP contribution in [0.2, 0.25) is 0 Å². The number of alkyl halides is 2. The summed E-state index contributed by atoms with van der Waals surface area (Å²) in [6.45, 7) is 1.22. The summed E-state index contributed by atoms with van der Waals surface area (Å²) in [6, 6.07) is -1.05. The van der Waals surface area contributed by atoms with Crippen LogP contribution >= 0.6 is 0 Å². The van der Waals surface area contributed by atoms with Gasteiger partial charge in [0.15, 0.2) is 0 Å². The summed E-state index contributed by atoms with van der Waals surface area (Å²) >= 11 is 0. The fourth-order valence-corrected chi connectivity index (χ4v) is 2.00. The molecule has 0 bridgehead atoms. The highest BCUT2D eigenvalue weighted by atomic mass is 19.3. The van der Waals surface area contributed by atoms with Crippen LogP contribution in [-0.4, -0.2) is 28.9 Å². The van der Waals surface area contributed by atoms with Crippen molar-refractivity contribution in [2.45, 2.75) is 44.6 Å². The molecule has 16 heavy (non-hydrogen) atoms. The van der Waals surface area contributed by atoms with E-state index in [0.717, 1.165) is 0 Å². The van der Waals surface area contributed by atoms with E-state index in [1.165, 1.54) is 6.92 Å². The van der Waals surface area contributed by atoms with E-state index in [0.29, 0.717) is 0 Å². The fourth-order valence-electron chi connectivity index (χ4n) is 2.00. The van der Waals surface area contributed by atoms with E-state index in [-0.39, 0.29) is 25.7 Å². The number of aliphatic carboxylic acids is 1. The highest BCUT2D eigenvalue weighted by Crippen LogP contribution is 2.37. The van der Waals surface area contributed by atoms with Gasteiger partial charge in [-0.05, 0) is 18.8 Å². The van der Waals surface area contributed by atoms with E-state index in [2.05, 4.69) is 5.32 Å². The van der Waals surface area contributed by atoms with Gasteiger partial charge in [-0.15, -0.1) is 0 Å². The molecule has 1 saturated carbocycles. The number of nitrogens with one attached hydrogen (secondary N) is 1. The SMILES string of the molecule is CC(=O)N[C@@H](C(=O)O)C1CCC(F)(F)CC1. The lowest BCUT2D eigenvalue weighted by Crippen LogP contribution is -2.47. The molecule has 92 valence electrons. The van der Waals surface area contributed by atoms with Crippen LogP contribution in [0, 0.1) is 5.92 Å². The number of carbonyl (C=O) groups excluding carboxylic acids is 1. The van der Waals surface area contributed by atoms with Crippen molar-refractivity contribution in [1.29, 1.82) is 0 Å². The van der Waals surface area contributed by atoms with Crippen molar-refractivity contribution >= 4 is 11.9 Å². The molecule has 1 atom stereocenters. The minimum atomic E-state index is -2.68. The van der Waals surface area contributed by atoms with E-state index in [1.54, 1.807) is 0 Å². The van der Waals surface area contributed by atoms with Crippen LogP contribution in [0.25, 0.3) is 0 Å². The van der Waals surface area contributed by atoms with Crippen molar-refractivity contribution < 1.29 is 23.5 Å². The van der Waals surface area contributed by atoms with Crippen LogP contribution in [0.5, 0.6) is 0 Å². The summed E-state index contributed by atoms with van der Waals surface area (Å²) in [5, 5.41) is 11.2. The van der Waals surface area contributed by atoms with Crippen molar-refractivity contribution in [1.82, 2.24) is 5.32 Å². The maximum atomic E-state index is 12.9. The molecule has 2 N–H and O–H groups in total. The Kier molecular flexibility index (Phi) is 3.83. The van der Waals surface area contributed by atoms with Crippen molar-refractivity contribution in [3.8, 4) is 0 Å². The van der Waals surface area contributed by atoms with Gasteiger partial charge in [-0.2, -0.15) is 0 Å². The zero-order valence-electron chi connectivity index (χ0n) is 9.00. The van der Waals surface area contributed by atoms with E-state index in [1.807, 2.05) is 0 Å². The van der Waals surface area contributed by atoms with Crippen LogP contribution < -0.4 is 5.32 Å². The third kappa shape index (κ3) is 3.43. The third-order valence-electron chi connectivity index (χ3n) is 2.86. The summed E-state index contributed by atoms with van der Waals surface area (Å²) in [6.07, 6.45) is -0.351. The molecule has 0 saturated heterocycles. The Labute approximate surface area is 92.0 Å². The molecule has 1 aliphatic carbocycles. The molecule has 0 aromatic rings. The first-order valence-corrected chi connectivity index (χ1v) is 5.19. The normalized spacial score (nSPS) is 22.4. The van der Waals surface area contributed by atoms with Crippen LogP contribution in [0.15, 0.2) is 0 Å². The number of carboxylic acids is 1. The highest BCUT2D eigenvalue weighted by Gasteiger charge is 2.39. The van der Waals surface area contributed by atoms with Gasteiger partial charge in [0, 0.05) is 19.8 Å². The molecule has 1 fully saturated rings. The molecule has 1 rings (SSSR count). The Hall–Kier alpha value is -1.20. The van der Waals surface area contributed by atoms with Crippen LogP contribution in [-0.2, 0) is 9.59 Å². The minimum Gasteiger partial charge on any atom is -0.480 e. The Balaban J connectivity index is 2.60. The predicted octanol–water partition coefficient (Wildman–Crippen LogP) is 1.40. The molecule has 0 aliphatic heterocycles. The predicted molar refractivity (Wildman–Crippen MR) is 52.1 cm³/mol. The number of rotatable bonds is 3. The van der Waals surface area contributed by atoms with Crippen molar-refractivity contribution in [3.05, 3.63) is 0 Å². The lowest BCUT2D eigenvalue weighted by atomic mass is 9.82. The molecule has 0 aromatic carbocycles. The largest absolute Gasteiger partial charge is 0.480 e. The summed E-state index contributed by atoms with van der Waals surface area (Å²) in [5.41, 5.74) is 0. The summed E-state index contributed by atoms with van der Waals surface area (Å²) in [7, 11) is 0. The molecule has 0 aromatic heterocycles. The van der Waals surface area contributed by atoms with Crippen molar-refractivity contribution in [3.63, 3.8) is 0 Å². The molecular formula is C10H15F2NO3. The molecule has 1 aliphatic rings. The second-order valence-electron chi connectivity index (χ2n) is 4.21. The molecule has 0 radical (unpaired) electrons. The number of amides is 1. The van der Waals surface area contributed by atoms with E-state index < -0.39 is 29.8 Å². The van der Waals surface area contributed by atoms with Gasteiger partial charge in [0.2, 0.25) is 11.8 Å². The van der Waals surface area contributed by atoms with Gasteiger partial charge < -0.3 is 10.4 Å². The molecule has 0 heterocycles. The Bertz CT molecular complexity index is 284. The number of hydrogen-bond acceptors (Lipinski definition) is 2. The van der Waals surface area contributed by atoms with Gasteiger partial charge in [0.25, 0.3) is 0 Å². The van der Waals surface area contributed by atoms with Crippen LogP contribution in [0.4, 0.5) is 8.78 Å². The van der Waals surface area contributed by atoms with E-state index in [4.69, 9.17) is 5.11 Å². The maximum absolute atomic E-state index is 12.9. The zero-order chi connectivity index (χ0) is 12.3. The maximum Gasteiger partial charge on any atom is 0.326 e. The monoisotopic (exact) mass is 235 g/mol. The average Bonchev–Trinajstić information content (AvgIpc) is 2.14. The van der Waals surface area contributed by atoms with E-state index in [9.17, 15) is 18.4 Å². The molecule has 0 spiro atoms. The van der Waals surface area contributed by atoms with Gasteiger partial charge >= 0.3 is 5.97 Å². The lowest BCUT2D eigenvalue weighted by molar-refractivity contribution is -0.144. The van der Waals surface area contributed by atoms with E-state index >= 15 is 0 Å². The lowest BCUT2D eigenvalue weighted by Gasteiger charge is -2.31. The molecule has 4 nitrogen and oxygen atoms in total. The Morgan fingerprint density at radius 2 is 1.88 bits per heavy atom. The Morgan fingerprint density at radius 3 is 2.25 bits per heavy atom. The standard InChI is InChI=1S/C10H15F2NO3/c1-6(14)13-8(9(15)16)7-2-4-10(11,12)5-3-7/h7-8H,2-5H2,1H3,(H,13,14)(H,15,16)/t8-/m1/s1. The zero-order valence-corrected chi connectivity index (χ0v) is 9.00. The summed E-state index contributed by atoms with van der Waals surface area (Å²) in [5.74, 6) is -4.70. The van der Waals surface area contributed by atoms with Gasteiger partial charge in [0.1, 0.15) is 6.04 Å². The molecular weight excluding hydrogens is 220 g/mol. The minimum absolute atomic E-state index is 0.129. The van der Waals surface area contributed by atoms with Crippen molar-refractivity contribution in [2.24, 2.45) is 5.92 Å². The molecule has 0 unspecified atom stereocenters. The number of hydrogen-bond donors (Lipinski definition) is 2. The van der Waals surface area contributed by atoms with Gasteiger partial charge in [0.05, 0.1) is 0 Å². The number of carboxylic acid groups (broad SMARTS) is 1. The molecule has 1 amide bonds. The Morgan fingerprint density at radius 1 is 1.38 bits per heavy atom. The first-order chi connectivity index (χ1) is 7.32. The van der Waals surface area contributed by atoms with Crippen LogP contribution in [0.1, 0.15) is 32.6 Å². The quantitative estimate of drug-likeness (QED) is 0.777. The molecule has 6 heteroatoms. The second-order valence-corrected chi connectivity index (χ2v) is 4.21. The fraction of sp³-hybridized carbons (Fsp3) is 0.800. The van der Waals surface area contributed by atoms with Crippen molar-refractivity contribution in [2.75, 3.05) is 0 Å². The van der Waals surface area contributed by atoms with Crippen LogP contribution in [0.3, 0.4) is 0 Å². The summed E-state index contributed by atoms with van der Waals surface area (Å²) < 4.78 is 25.7. The second kappa shape index (κ2) is 4.76. The smallest absolute Gasteiger partial charge is 0.326 e. The highest BCUT2D eigenvalue weighted by molar-refractivity contribution is 5.82. The number of carbonyl (C=O) groups is 2. The first kappa shape index (κ1) is 12.9. The topological polar surface area (TPSA) is 66.4 Å². The first-order valence-electron chi connectivity index (χ1n) is 5.19. The average molecular weight is 235 g/mol.